The van der Waals surface area contributed by atoms with Crippen LogP contribution >= 0.6 is 0 Å². The van der Waals surface area contributed by atoms with E-state index < -0.39 is 35.4 Å². The summed E-state index contributed by atoms with van der Waals surface area (Å²) >= 11 is 0. The van der Waals surface area contributed by atoms with Crippen molar-refractivity contribution < 1.29 is 29.0 Å². The SMILES string of the molecule is CC[C@@]1(C)CCC[C@]2(C)[C@@H]3CC(=O)[C@]4(C)[C@@H](C=O)[C@H](C(C)=O)[C@H](OC(=O)C[C@H](O)C(C)C)C[C@H]4[C@]3(C)CC[C@H]12. The van der Waals surface area contributed by atoms with Crippen LogP contribution in [0.5, 0.6) is 0 Å². The lowest BCUT2D eigenvalue weighted by Gasteiger charge is -2.70. The van der Waals surface area contributed by atoms with Crippen molar-refractivity contribution in [2.45, 2.75) is 125 Å². The Balaban J connectivity index is 1.75. The number of hydrogen-bond acceptors (Lipinski definition) is 6. The molecule has 4 aliphatic carbocycles. The molecule has 4 saturated carbocycles. The van der Waals surface area contributed by atoms with Gasteiger partial charge in [-0.3, -0.25) is 14.4 Å². The quantitative estimate of drug-likeness (QED) is 0.314. The molecule has 0 aromatic heterocycles. The lowest BCUT2D eigenvalue weighted by atomic mass is 9.34. The van der Waals surface area contributed by atoms with Gasteiger partial charge in [0, 0.05) is 17.8 Å². The van der Waals surface area contributed by atoms with Crippen LogP contribution in [0, 0.1) is 57.2 Å². The summed E-state index contributed by atoms with van der Waals surface area (Å²) in [6, 6.07) is 0. The Kier molecular flexibility index (Phi) is 8.08. The Morgan fingerprint density at radius 1 is 1.05 bits per heavy atom. The molecule has 39 heavy (non-hydrogen) atoms. The zero-order chi connectivity index (χ0) is 29.1. The van der Waals surface area contributed by atoms with E-state index in [1.54, 1.807) is 0 Å². The molecule has 1 N–H and O–H groups in total. The monoisotopic (exact) mass is 544 g/mol. The fourth-order valence-corrected chi connectivity index (χ4v) is 10.5. The molecule has 0 aromatic carbocycles. The number of carbonyl (C=O) groups excluding carboxylic acids is 4. The Bertz CT molecular complexity index is 1000. The highest BCUT2D eigenvalue weighted by Crippen LogP contribution is 2.73. The Morgan fingerprint density at radius 2 is 1.69 bits per heavy atom. The Labute approximate surface area is 235 Å². The number of fused-ring (bicyclic) bond motifs is 5. The van der Waals surface area contributed by atoms with Gasteiger partial charge in [-0.25, -0.2) is 0 Å². The molecule has 0 radical (unpaired) electrons. The van der Waals surface area contributed by atoms with Gasteiger partial charge in [-0.2, -0.15) is 0 Å². The van der Waals surface area contributed by atoms with E-state index in [9.17, 15) is 24.3 Å². The third-order valence-electron chi connectivity index (χ3n) is 13.0. The number of rotatable bonds is 7. The van der Waals surface area contributed by atoms with Crippen LogP contribution in [-0.4, -0.2) is 41.1 Å². The van der Waals surface area contributed by atoms with Crippen molar-refractivity contribution in [2.75, 3.05) is 0 Å². The average molecular weight is 545 g/mol. The van der Waals surface area contributed by atoms with Crippen molar-refractivity contribution in [2.24, 2.45) is 57.2 Å². The van der Waals surface area contributed by atoms with Gasteiger partial charge >= 0.3 is 5.97 Å². The fourth-order valence-electron chi connectivity index (χ4n) is 10.5. The van der Waals surface area contributed by atoms with Crippen molar-refractivity contribution in [1.82, 2.24) is 0 Å². The molecule has 0 unspecified atom stereocenters. The number of aliphatic hydroxyl groups is 1. The van der Waals surface area contributed by atoms with Gasteiger partial charge in [-0.15, -0.1) is 0 Å². The molecule has 0 aromatic rings. The van der Waals surface area contributed by atoms with Crippen molar-refractivity contribution in [3.05, 3.63) is 0 Å². The van der Waals surface area contributed by atoms with E-state index in [1.165, 1.54) is 19.8 Å². The minimum Gasteiger partial charge on any atom is -0.461 e. The highest BCUT2D eigenvalue weighted by molar-refractivity contribution is 5.93. The van der Waals surface area contributed by atoms with Gasteiger partial charge in [-0.1, -0.05) is 61.3 Å². The molecule has 0 saturated heterocycles. The fraction of sp³-hybridized carbons (Fsp3) is 0.879. The van der Waals surface area contributed by atoms with E-state index in [0.29, 0.717) is 18.8 Å². The Hall–Kier alpha value is -1.56. The lowest BCUT2D eigenvalue weighted by molar-refractivity contribution is -0.224. The first-order valence-electron chi connectivity index (χ1n) is 15.5. The molecular formula is C33H52O6. The summed E-state index contributed by atoms with van der Waals surface area (Å²) in [6.45, 7) is 16.5. The van der Waals surface area contributed by atoms with E-state index >= 15 is 0 Å². The molecule has 0 spiro atoms. The number of Topliss-reactive ketones (excluding diaryl/α,β-unsaturated/α-hetero) is 2. The van der Waals surface area contributed by atoms with Crippen molar-refractivity contribution in [3.8, 4) is 0 Å². The van der Waals surface area contributed by atoms with Crippen LogP contribution < -0.4 is 0 Å². The number of hydrogen-bond donors (Lipinski definition) is 1. The van der Waals surface area contributed by atoms with Crippen LogP contribution in [-0.2, 0) is 23.9 Å². The van der Waals surface area contributed by atoms with Gasteiger partial charge in [0.05, 0.1) is 18.4 Å². The summed E-state index contributed by atoms with van der Waals surface area (Å²) in [4.78, 5) is 53.0. The molecule has 0 amide bonds. The first-order chi connectivity index (χ1) is 18.1. The standard InChI is InChI=1S/C33H52O6/c1-9-30(5)12-10-13-31(6)24(30)11-14-32(7)25(31)17-27(37)33(8)21(18-34)29(20(4)35)23(16-26(32)33)39-28(38)15-22(36)19(2)3/h18-19,21-26,29,36H,9-17H2,1-8H3/t21-,22-,23+,24+,25-,26-,29-,30-,31-,32+,33+/m0/s1. The highest BCUT2D eigenvalue weighted by Gasteiger charge is 2.71. The van der Waals surface area contributed by atoms with Gasteiger partial charge < -0.3 is 14.6 Å². The molecular weight excluding hydrogens is 492 g/mol. The maximum absolute atomic E-state index is 14.3. The first-order valence-corrected chi connectivity index (χ1v) is 15.5. The number of carbonyl (C=O) groups is 4. The summed E-state index contributed by atoms with van der Waals surface area (Å²) in [5.74, 6) is -1.87. The van der Waals surface area contributed by atoms with Crippen LogP contribution in [0.2, 0.25) is 0 Å². The van der Waals surface area contributed by atoms with Gasteiger partial charge in [0.2, 0.25) is 0 Å². The summed E-state index contributed by atoms with van der Waals surface area (Å²) in [6.07, 6.45) is 6.62. The van der Waals surface area contributed by atoms with Crippen LogP contribution in [0.4, 0.5) is 0 Å². The third kappa shape index (κ3) is 4.55. The number of ketones is 2. The molecule has 0 bridgehead atoms. The second-order valence-electron chi connectivity index (χ2n) is 15.1. The van der Waals surface area contributed by atoms with Gasteiger partial charge in [0.1, 0.15) is 24.0 Å². The first kappa shape index (κ1) is 30.4. The number of aldehydes is 1. The van der Waals surface area contributed by atoms with Gasteiger partial charge in [0.25, 0.3) is 0 Å². The molecule has 0 aliphatic heterocycles. The Morgan fingerprint density at radius 3 is 2.26 bits per heavy atom. The maximum atomic E-state index is 14.3. The van der Waals surface area contributed by atoms with E-state index in [1.807, 2.05) is 20.8 Å². The minimum absolute atomic E-state index is 0.0364. The zero-order valence-corrected chi connectivity index (χ0v) is 25.5. The summed E-state index contributed by atoms with van der Waals surface area (Å²) in [5.41, 5.74) is -0.861. The second kappa shape index (κ2) is 10.4. The summed E-state index contributed by atoms with van der Waals surface area (Å²) in [7, 11) is 0. The highest BCUT2D eigenvalue weighted by atomic mass is 16.5. The smallest absolute Gasteiger partial charge is 0.308 e. The molecule has 220 valence electrons. The third-order valence-corrected chi connectivity index (χ3v) is 13.0. The number of ether oxygens (including phenoxy) is 1. The molecule has 6 nitrogen and oxygen atoms in total. The van der Waals surface area contributed by atoms with Crippen LogP contribution in [0.1, 0.15) is 113 Å². The topological polar surface area (TPSA) is 97.7 Å². The van der Waals surface area contributed by atoms with E-state index in [4.69, 9.17) is 4.74 Å². The van der Waals surface area contributed by atoms with Crippen molar-refractivity contribution in [3.63, 3.8) is 0 Å². The predicted molar refractivity (Wildman–Crippen MR) is 150 cm³/mol. The van der Waals surface area contributed by atoms with Crippen molar-refractivity contribution >= 4 is 23.8 Å². The molecule has 6 heteroatoms. The second-order valence-corrected chi connectivity index (χ2v) is 15.1. The molecule has 11 atom stereocenters. The van der Waals surface area contributed by atoms with Crippen LogP contribution in [0.15, 0.2) is 0 Å². The molecule has 0 heterocycles. The lowest BCUT2D eigenvalue weighted by Crippen LogP contribution is -2.68. The zero-order valence-electron chi connectivity index (χ0n) is 25.5. The number of esters is 1. The van der Waals surface area contributed by atoms with E-state index in [2.05, 4.69) is 27.7 Å². The van der Waals surface area contributed by atoms with Crippen LogP contribution in [0.25, 0.3) is 0 Å². The number of aliphatic hydroxyl groups excluding tert-OH is 1. The maximum Gasteiger partial charge on any atom is 0.308 e. The summed E-state index contributed by atoms with van der Waals surface area (Å²) < 4.78 is 5.96. The van der Waals surface area contributed by atoms with E-state index in [-0.39, 0.29) is 52.0 Å². The largest absolute Gasteiger partial charge is 0.461 e. The molecule has 4 rings (SSSR count). The predicted octanol–water partition coefficient (Wildman–Crippen LogP) is 5.96. The van der Waals surface area contributed by atoms with Gasteiger partial charge in [0.15, 0.2) is 0 Å². The van der Waals surface area contributed by atoms with Gasteiger partial charge in [-0.05, 0) is 78.9 Å². The minimum atomic E-state index is -0.963. The molecule has 4 fully saturated rings. The van der Waals surface area contributed by atoms with Crippen LogP contribution in [0.3, 0.4) is 0 Å². The summed E-state index contributed by atoms with van der Waals surface area (Å²) in [5, 5.41) is 10.3. The van der Waals surface area contributed by atoms with E-state index in [0.717, 1.165) is 32.0 Å². The normalized spacial score (nSPS) is 46.5. The van der Waals surface area contributed by atoms with Crippen molar-refractivity contribution in [1.29, 1.82) is 0 Å². The average Bonchev–Trinajstić information content (AvgIpc) is 2.85. The molecule has 4 aliphatic rings.